The first-order chi connectivity index (χ1) is 19.1. The molecule has 2 unspecified atom stereocenters. The van der Waals surface area contributed by atoms with Crippen LogP contribution in [0.2, 0.25) is 0 Å². The molecule has 1 aromatic carbocycles. The van der Waals surface area contributed by atoms with Gasteiger partial charge in [-0.3, -0.25) is 28.9 Å². The molecule has 0 heterocycles. The first-order valence-electron chi connectivity index (χ1n) is 13.2. The molecule has 1 aromatic rings. The molecule has 4 rings (SSSR count). The van der Waals surface area contributed by atoms with Crippen molar-refractivity contribution in [1.29, 1.82) is 5.26 Å². The standard InChI is InChI=1S/C29H34N6O6/c1-6-7-8-9-14-10-16(34(2)3)15-11-27(32)12-29(33)23(35(4)5)22(38)18(26(31)41)24(39)28(29,13-30)25(40)19(27)21(37)17(15)20(14)36/h10,18-19,23,36H,6-7,11-12,32-33H2,1-5H3,(H2,31,41)/t18?,19?,23-,27-,28+,29-/m1/s1. The Morgan fingerprint density at radius 2 is 1.78 bits per heavy atom. The maximum Gasteiger partial charge on any atom is 0.235 e. The van der Waals surface area contributed by atoms with Gasteiger partial charge in [-0.15, -0.1) is 0 Å². The summed E-state index contributed by atoms with van der Waals surface area (Å²) in [5.41, 5.74) is 13.3. The molecule has 0 bridgehead atoms. The highest BCUT2D eigenvalue weighted by Gasteiger charge is 2.78. The van der Waals surface area contributed by atoms with E-state index < -0.39 is 75.6 Å². The van der Waals surface area contributed by atoms with Crippen LogP contribution in [0.25, 0.3) is 0 Å². The predicted molar refractivity (Wildman–Crippen MR) is 147 cm³/mol. The van der Waals surface area contributed by atoms with Crippen LogP contribution in [0.1, 0.15) is 47.7 Å². The van der Waals surface area contributed by atoms with Crippen LogP contribution in [0.15, 0.2) is 6.07 Å². The quantitative estimate of drug-likeness (QED) is 0.259. The summed E-state index contributed by atoms with van der Waals surface area (Å²) < 4.78 is 0. The molecule has 1 amide bonds. The largest absolute Gasteiger partial charge is 0.506 e. The SMILES string of the molecule is CCCC#Cc1cc(N(C)C)c2c(c1O)C(=O)C1C(=O)[C@]3(C#N)C(=O)C(C(N)=O)C(=O)[C@@H](N(C)C)[C@]3(N)C[C@]1(N)C2. The summed E-state index contributed by atoms with van der Waals surface area (Å²) in [5, 5.41) is 21.7. The van der Waals surface area contributed by atoms with Crippen LogP contribution in [0, 0.1) is 40.4 Å². The zero-order valence-corrected chi connectivity index (χ0v) is 23.7. The first-order valence-corrected chi connectivity index (χ1v) is 13.2. The fraction of sp³-hybridized carbons (Fsp3) is 0.517. The number of unbranched alkanes of at least 4 members (excludes halogenated alkanes) is 1. The van der Waals surface area contributed by atoms with Crippen molar-refractivity contribution in [3.05, 3.63) is 22.8 Å². The molecule has 0 aromatic heterocycles. The van der Waals surface area contributed by atoms with Crippen molar-refractivity contribution in [3.8, 4) is 23.7 Å². The number of likely N-dealkylation sites (N-methyl/N-ethyl adjacent to an activating group) is 1. The monoisotopic (exact) mass is 562 g/mol. The van der Waals surface area contributed by atoms with Gasteiger partial charge in [0.25, 0.3) is 0 Å². The zero-order chi connectivity index (χ0) is 30.8. The van der Waals surface area contributed by atoms with Crippen LogP contribution in [0.5, 0.6) is 5.75 Å². The summed E-state index contributed by atoms with van der Waals surface area (Å²) in [5.74, 6) is -4.26. The number of hydrogen-bond acceptors (Lipinski definition) is 11. The van der Waals surface area contributed by atoms with E-state index in [0.717, 1.165) is 6.42 Å². The number of Topliss-reactive ketones (excluding diaryl/α,β-unsaturated/α-hetero) is 4. The highest BCUT2D eigenvalue weighted by molar-refractivity contribution is 6.33. The number of anilines is 1. The summed E-state index contributed by atoms with van der Waals surface area (Å²) in [6.45, 7) is 1.94. The fourth-order valence-corrected chi connectivity index (χ4v) is 7.03. The highest BCUT2D eigenvalue weighted by atomic mass is 16.3. The highest BCUT2D eigenvalue weighted by Crippen LogP contribution is 2.57. The predicted octanol–water partition coefficient (Wildman–Crippen LogP) is -0.974. The number of amides is 1. The number of carbonyl (C=O) groups excluding carboxylic acids is 5. The minimum atomic E-state index is -2.78. The number of rotatable bonds is 4. The van der Waals surface area contributed by atoms with Gasteiger partial charge in [-0.1, -0.05) is 18.8 Å². The van der Waals surface area contributed by atoms with Crippen molar-refractivity contribution >= 4 is 34.7 Å². The lowest BCUT2D eigenvalue weighted by atomic mass is 9.42. The van der Waals surface area contributed by atoms with E-state index in [1.54, 1.807) is 31.1 Å². The molecule has 0 aliphatic heterocycles. The van der Waals surface area contributed by atoms with Crippen molar-refractivity contribution in [1.82, 2.24) is 4.90 Å². The molecule has 0 saturated heterocycles. The molecule has 0 spiro atoms. The fourth-order valence-electron chi connectivity index (χ4n) is 7.03. The molecule has 7 N–H and O–H groups in total. The summed E-state index contributed by atoms with van der Waals surface area (Å²) in [6, 6.07) is 1.88. The normalized spacial score (nSPS) is 32.3. The first kappa shape index (κ1) is 29.9. The van der Waals surface area contributed by atoms with Crippen molar-refractivity contribution in [2.45, 2.75) is 49.7 Å². The van der Waals surface area contributed by atoms with Crippen molar-refractivity contribution in [2.24, 2.45) is 34.5 Å². The number of primary amides is 1. The summed E-state index contributed by atoms with van der Waals surface area (Å²) in [6.07, 6.45) is 0.717. The van der Waals surface area contributed by atoms with Gasteiger partial charge in [-0.25, -0.2) is 0 Å². The van der Waals surface area contributed by atoms with Gasteiger partial charge in [-0.2, -0.15) is 5.26 Å². The summed E-state index contributed by atoms with van der Waals surface area (Å²) >= 11 is 0. The maximum absolute atomic E-state index is 14.4. The number of nitriles is 1. The number of phenolic OH excluding ortho intramolecular Hbond substituents is 1. The third-order valence-corrected chi connectivity index (χ3v) is 8.65. The Bertz CT molecular complexity index is 1520. The Morgan fingerprint density at radius 3 is 2.29 bits per heavy atom. The Morgan fingerprint density at radius 1 is 1.15 bits per heavy atom. The molecule has 41 heavy (non-hydrogen) atoms. The summed E-state index contributed by atoms with van der Waals surface area (Å²) in [4.78, 5) is 71.3. The number of fused-ring (bicyclic) bond motifs is 3. The van der Waals surface area contributed by atoms with Crippen LogP contribution in [0.4, 0.5) is 5.69 Å². The van der Waals surface area contributed by atoms with Crippen molar-refractivity contribution in [2.75, 3.05) is 33.1 Å². The molecule has 2 saturated carbocycles. The Labute approximate surface area is 237 Å². The van der Waals surface area contributed by atoms with Gasteiger partial charge in [-0.05, 0) is 45.0 Å². The number of aromatic hydroxyl groups is 1. The zero-order valence-electron chi connectivity index (χ0n) is 23.7. The van der Waals surface area contributed by atoms with E-state index in [-0.39, 0.29) is 17.5 Å². The number of nitrogens with two attached hydrogens (primary N) is 3. The van der Waals surface area contributed by atoms with Gasteiger partial charge in [0.05, 0.1) is 28.8 Å². The Kier molecular flexibility index (Phi) is 7.12. The number of phenols is 1. The van der Waals surface area contributed by atoms with Crippen LogP contribution >= 0.6 is 0 Å². The topological polar surface area (TPSA) is 214 Å². The van der Waals surface area contributed by atoms with Gasteiger partial charge >= 0.3 is 0 Å². The molecule has 2 fully saturated rings. The number of nitrogens with zero attached hydrogens (tertiary/aromatic N) is 3. The van der Waals surface area contributed by atoms with Crippen LogP contribution in [-0.4, -0.2) is 84.4 Å². The molecule has 12 nitrogen and oxygen atoms in total. The maximum atomic E-state index is 14.4. The van der Waals surface area contributed by atoms with Crippen LogP contribution < -0.4 is 22.1 Å². The average Bonchev–Trinajstić information content (AvgIpc) is 2.84. The van der Waals surface area contributed by atoms with Gasteiger partial charge in [0, 0.05) is 31.7 Å². The lowest BCUT2D eigenvalue weighted by molar-refractivity contribution is -0.166. The number of carbonyl (C=O) groups is 5. The smallest absolute Gasteiger partial charge is 0.235 e. The Hall–Kier alpha value is -4.10. The van der Waals surface area contributed by atoms with Gasteiger partial charge in [0.1, 0.15) is 11.7 Å². The summed E-state index contributed by atoms with van der Waals surface area (Å²) in [7, 11) is 6.38. The molecule has 6 atom stereocenters. The second-order valence-electron chi connectivity index (χ2n) is 11.7. The number of ketones is 4. The number of hydrogen-bond donors (Lipinski definition) is 4. The minimum absolute atomic E-state index is 0.142. The van der Waals surface area contributed by atoms with Gasteiger partial charge in [0.2, 0.25) is 5.91 Å². The second kappa shape index (κ2) is 9.77. The van der Waals surface area contributed by atoms with Crippen molar-refractivity contribution < 1.29 is 29.1 Å². The number of benzene rings is 1. The van der Waals surface area contributed by atoms with E-state index in [1.165, 1.54) is 19.0 Å². The molecule has 3 aliphatic rings. The molecular formula is C29H34N6O6. The molecule has 12 heteroatoms. The second-order valence-corrected chi connectivity index (χ2v) is 11.7. The Balaban J connectivity index is 2.03. The molecule has 216 valence electrons. The third-order valence-electron chi connectivity index (χ3n) is 8.65. The van der Waals surface area contributed by atoms with E-state index >= 15 is 0 Å². The lowest BCUT2D eigenvalue weighted by Gasteiger charge is -2.60. The van der Waals surface area contributed by atoms with E-state index in [2.05, 4.69) is 11.8 Å². The molecule has 3 aliphatic carbocycles. The third kappa shape index (κ3) is 3.82. The van der Waals surface area contributed by atoms with E-state index in [0.29, 0.717) is 17.7 Å². The van der Waals surface area contributed by atoms with Gasteiger partial charge in [0.15, 0.2) is 34.5 Å². The van der Waals surface area contributed by atoms with Gasteiger partial charge < -0.3 is 27.2 Å². The van der Waals surface area contributed by atoms with Crippen LogP contribution in [-0.2, 0) is 25.6 Å². The molecular weight excluding hydrogens is 528 g/mol. The van der Waals surface area contributed by atoms with Crippen molar-refractivity contribution in [3.63, 3.8) is 0 Å². The minimum Gasteiger partial charge on any atom is -0.506 e. The van der Waals surface area contributed by atoms with Crippen LogP contribution in [0.3, 0.4) is 0 Å². The molecule has 0 radical (unpaired) electrons. The van der Waals surface area contributed by atoms with E-state index in [9.17, 15) is 34.3 Å². The lowest BCUT2D eigenvalue weighted by Crippen LogP contribution is -2.85. The van der Waals surface area contributed by atoms with E-state index in [1.807, 2.05) is 6.92 Å². The average molecular weight is 563 g/mol. The van der Waals surface area contributed by atoms with E-state index in [4.69, 9.17) is 17.2 Å².